The number of benzene rings is 2. The second kappa shape index (κ2) is 7.90. The molecular weight excluding hydrogens is 348 g/mol. The average molecular weight is 363 g/mol. The first kappa shape index (κ1) is 17.9. The minimum Gasteiger partial charge on any atom is -0.478 e. The largest absolute Gasteiger partial charge is 0.478 e. The van der Waals surface area contributed by atoms with Crippen molar-refractivity contribution in [3.8, 4) is 0 Å². The summed E-state index contributed by atoms with van der Waals surface area (Å²) >= 11 is 10.9. The van der Waals surface area contributed by atoms with Crippen LogP contribution in [0.4, 0.5) is 5.69 Å². The number of thiocarbonyl (C=S) groups is 1. The van der Waals surface area contributed by atoms with Crippen molar-refractivity contribution in [2.24, 2.45) is 0 Å². The molecule has 0 unspecified atom stereocenters. The Morgan fingerprint density at radius 3 is 2.42 bits per heavy atom. The summed E-state index contributed by atoms with van der Waals surface area (Å²) in [6.45, 7) is 2.03. The topological polar surface area (TPSA) is 78.4 Å². The molecule has 1 amide bonds. The summed E-state index contributed by atoms with van der Waals surface area (Å²) in [5.41, 5.74) is 1.99. The lowest BCUT2D eigenvalue weighted by Gasteiger charge is -2.11. The molecular formula is C17H15ClN2O3S. The zero-order chi connectivity index (χ0) is 17.7. The first-order valence-electron chi connectivity index (χ1n) is 7.15. The molecule has 5 nitrogen and oxygen atoms in total. The molecule has 2 aromatic rings. The highest BCUT2D eigenvalue weighted by Gasteiger charge is 2.11. The molecule has 0 atom stereocenters. The maximum atomic E-state index is 12.1. The van der Waals surface area contributed by atoms with E-state index in [1.807, 2.05) is 19.1 Å². The monoisotopic (exact) mass is 362 g/mol. The van der Waals surface area contributed by atoms with Crippen molar-refractivity contribution < 1.29 is 14.7 Å². The molecule has 0 bridgehead atoms. The van der Waals surface area contributed by atoms with Crippen molar-refractivity contribution in [1.29, 1.82) is 0 Å². The molecule has 0 saturated carbocycles. The van der Waals surface area contributed by atoms with Crippen LogP contribution in [-0.4, -0.2) is 22.1 Å². The second-order valence-electron chi connectivity index (χ2n) is 4.96. The van der Waals surface area contributed by atoms with Gasteiger partial charge in [0.2, 0.25) is 0 Å². The molecule has 0 aliphatic rings. The zero-order valence-electron chi connectivity index (χ0n) is 12.8. The number of aromatic carboxylic acids is 1. The van der Waals surface area contributed by atoms with Crippen LogP contribution in [0.3, 0.4) is 0 Å². The molecule has 0 spiro atoms. The van der Waals surface area contributed by atoms with Crippen molar-refractivity contribution in [2.75, 3.05) is 5.32 Å². The first-order valence-corrected chi connectivity index (χ1v) is 7.93. The molecule has 2 rings (SSSR count). The maximum Gasteiger partial charge on any atom is 0.337 e. The Kier molecular flexibility index (Phi) is 5.89. The molecule has 124 valence electrons. The molecule has 2 aromatic carbocycles. The maximum absolute atomic E-state index is 12.1. The Morgan fingerprint density at radius 1 is 1.17 bits per heavy atom. The van der Waals surface area contributed by atoms with Crippen LogP contribution in [0, 0.1) is 0 Å². The van der Waals surface area contributed by atoms with Crippen molar-refractivity contribution in [3.05, 3.63) is 64.2 Å². The number of hydrogen-bond acceptors (Lipinski definition) is 3. The van der Waals surface area contributed by atoms with E-state index in [0.717, 1.165) is 12.0 Å². The molecule has 0 aliphatic carbocycles. The van der Waals surface area contributed by atoms with Gasteiger partial charge in [-0.05, 0) is 54.5 Å². The van der Waals surface area contributed by atoms with Gasteiger partial charge in [-0.2, -0.15) is 0 Å². The lowest BCUT2D eigenvalue weighted by atomic mass is 10.1. The minimum absolute atomic E-state index is 0.0500. The second-order valence-corrected chi connectivity index (χ2v) is 5.77. The van der Waals surface area contributed by atoms with E-state index in [-0.39, 0.29) is 21.6 Å². The van der Waals surface area contributed by atoms with Gasteiger partial charge in [-0.25, -0.2) is 4.79 Å². The number of halogens is 1. The first-order chi connectivity index (χ1) is 11.4. The Morgan fingerprint density at radius 2 is 1.83 bits per heavy atom. The molecule has 0 fully saturated rings. The summed E-state index contributed by atoms with van der Waals surface area (Å²) in [5.74, 6) is -1.49. The van der Waals surface area contributed by atoms with E-state index >= 15 is 0 Å². The number of rotatable bonds is 4. The Bertz CT molecular complexity index is 791. The lowest BCUT2D eigenvalue weighted by Crippen LogP contribution is -2.34. The predicted octanol–water partition coefficient (Wildman–Crippen LogP) is 3.73. The Hall–Kier alpha value is -2.44. The molecule has 0 aliphatic heterocycles. The van der Waals surface area contributed by atoms with Crippen molar-refractivity contribution in [2.45, 2.75) is 13.3 Å². The normalized spacial score (nSPS) is 10.1. The summed E-state index contributed by atoms with van der Waals surface area (Å²) in [7, 11) is 0. The van der Waals surface area contributed by atoms with Gasteiger partial charge in [-0.3, -0.25) is 10.1 Å². The van der Waals surface area contributed by atoms with E-state index < -0.39 is 5.97 Å². The van der Waals surface area contributed by atoms with E-state index in [9.17, 15) is 9.59 Å². The number of aryl methyl sites for hydroxylation is 1. The van der Waals surface area contributed by atoms with Crippen molar-refractivity contribution in [3.63, 3.8) is 0 Å². The number of carbonyl (C=O) groups is 2. The predicted molar refractivity (Wildman–Crippen MR) is 97.9 cm³/mol. The van der Waals surface area contributed by atoms with Crippen LogP contribution in [0.15, 0.2) is 42.5 Å². The highest BCUT2D eigenvalue weighted by atomic mass is 35.5. The van der Waals surface area contributed by atoms with Gasteiger partial charge in [0.1, 0.15) is 0 Å². The van der Waals surface area contributed by atoms with Gasteiger partial charge in [0, 0.05) is 11.3 Å². The van der Waals surface area contributed by atoms with Gasteiger partial charge in [-0.15, -0.1) is 0 Å². The molecule has 0 saturated heterocycles. The van der Waals surface area contributed by atoms with Gasteiger partial charge in [0.15, 0.2) is 5.11 Å². The van der Waals surface area contributed by atoms with Crippen LogP contribution in [-0.2, 0) is 6.42 Å². The molecule has 24 heavy (non-hydrogen) atoms. The van der Waals surface area contributed by atoms with E-state index in [2.05, 4.69) is 10.6 Å². The van der Waals surface area contributed by atoms with Gasteiger partial charge in [0.25, 0.3) is 5.91 Å². The van der Waals surface area contributed by atoms with E-state index in [0.29, 0.717) is 11.3 Å². The third-order valence-electron chi connectivity index (χ3n) is 3.31. The summed E-state index contributed by atoms with van der Waals surface area (Å²) in [5, 5.41) is 14.5. The number of carboxylic acid groups (broad SMARTS) is 1. The Labute approximate surface area is 149 Å². The third-order valence-corrected chi connectivity index (χ3v) is 3.84. The number of anilines is 1. The SMILES string of the molecule is CCc1ccc(C(=O)NC(=S)Nc2ccc(Cl)c(C(=O)O)c2)cc1. The number of amides is 1. The fraction of sp³-hybridized carbons (Fsp3) is 0.118. The molecule has 0 radical (unpaired) electrons. The number of nitrogens with one attached hydrogen (secondary N) is 2. The smallest absolute Gasteiger partial charge is 0.337 e. The summed E-state index contributed by atoms with van der Waals surface area (Å²) in [6.07, 6.45) is 0.893. The average Bonchev–Trinajstić information content (AvgIpc) is 2.56. The van der Waals surface area contributed by atoms with E-state index in [4.69, 9.17) is 28.9 Å². The van der Waals surface area contributed by atoms with Crippen molar-refractivity contribution in [1.82, 2.24) is 5.32 Å². The Balaban J connectivity index is 2.03. The highest BCUT2D eigenvalue weighted by Crippen LogP contribution is 2.20. The van der Waals surface area contributed by atoms with E-state index in [1.165, 1.54) is 12.1 Å². The summed E-state index contributed by atoms with van der Waals surface area (Å²) in [6, 6.07) is 11.6. The standard InChI is InChI=1S/C17H15ClN2O3S/c1-2-10-3-5-11(6-4-10)15(21)20-17(24)19-12-7-8-14(18)13(9-12)16(22)23/h3-9H,2H2,1H3,(H,22,23)(H2,19,20,21,24). The molecule has 7 heteroatoms. The lowest BCUT2D eigenvalue weighted by molar-refractivity contribution is 0.0697. The number of carbonyl (C=O) groups excluding carboxylic acids is 1. The van der Waals surface area contributed by atoms with Gasteiger partial charge < -0.3 is 10.4 Å². The van der Waals surface area contributed by atoms with Crippen molar-refractivity contribution >= 4 is 46.5 Å². The number of hydrogen-bond donors (Lipinski definition) is 3. The molecule has 3 N–H and O–H groups in total. The summed E-state index contributed by atoms with van der Waals surface area (Å²) < 4.78 is 0. The quantitative estimate of drug-likeness (QED) is 0.722. The fourth-order valence-corrected chi connectivity index (χ4v) is 2.41. The van der Waals surface area contributed by atoms with Gasteiger partial charge in [0.05, 0.1) is 10.6 Å². The summed E-state index contributed by atoms with van der Waals surface area (Å²) in [4.78, 5) is 23.2. The van der Waals surface area contributed by atoms with Crippen LogP contribution in [0.2, 0.25) is 5.02 Å². The van der Waals surface area contributed by atoms with Crippen LogP contribution in [0.1, 0.15) is 33.2 Å². The fourth-order valence-electron chi connectivity index (χ4n) is 2.00. The van der Waals surface area contributed by atoms with E-state index in [1.54, 1.807) is 18.2 Å². The van der Waals surface area contributed by atoms with Crippen LogP contribution in [0.5, 0.6) is 0 Å². The molecule has 0 heterocycles. The number of carboxylic acids is 1. The zero-order valence-corrected chi connectivity index (χ0v) is 14.4. The highest BCUT2D eigenvalue weighted by molar-refractivity contribution is 7.80. The van der Waals surface area contributed by atoms with Gasteiger partial charge in [-0.1, -0.05) is 30.7 Å². The third kappa shape index (κ3) is 4.53. The minimum atomic E-state index is -1.14. The molecule has 0 aromatic heterocycles. The van der Waals surface area contributed by atoms with Crippen LogP contribution >= 0.6 is 23.8 Å². The van der Waals surface area contributed by atoms with Crippen LogP contribution < -0.4 is 10.6 Å². The van der Waals surface area contributed by atoms with Crippen LogP contribution in [0.25, 0.3) is 0 Å². The van der Waals surface area contributed by atoms with Gasteiger partial charge >= 0.3 is 5.97 Å².